The molecule has 2 rings (SSSR count). The first-order valence-electron chi connectivity index (χ1n) is 6.68. The van der Waals surface area contributed by atoms with Crippen molar-refractivity contribution in [2.75, 3.05) is 25.0 Å². The molecule has 3 N–H and O–H groups in total. The fraction of sp³-hybridized carbons (Fsp3) is 0.429. The average Bonchev–Trinajstić information content (AvgIpc) is 2.36. The summed E-state index contributed by atoms with van der Waals surface area (Å²) in [6.45, 7) is 4.14. The van der Waals surface area contributed by atoms with Gasteiger partial charge in [-0.1, -0.05) is 11.6 Å². The van der Waals surface area contributed by atoms with Crippen LogP contribution in [0.15, 0.2) is 18.2 Å². The number of nitrogens with one attached hydrogen (secondary N) is 3. The van der Waals surface area contributed by atoms with Crippen LogP contribution in [0.2, 0.25) is 5.02 Å². The van der Waals surface area contributed by atoms with Gasteiger partial charge in [-0.2, -0.15) is 0 Å². The monoisotopic (exact) mass is 331 g/mol. The molecule has 0 radical (unpaired) electrons. The second-order valence-electron chi connectivity index (χ2n) is 4.83. The van der Waals surface area contributed by atoms with Crippen molar-refractivity contribution in [3.8, 4) is 0 Å². The molecule has 1 heterocycles. The van der Waals surface area contributed by atoms with Crippen LogP contribution in [0.4, 0.5) is 5.69 Å². The minimum atomic E-state index is -0.239. The average molecular weight is 332 g/mol. The molecule has 5 nitrogen and oxygen atoms in total. The fourth-order valence-corrected chi connectivity index (χ4v) is 2.20. The van der Waals surface area contributed by atoms with Crippen molar-refractivity contribution in [2.45, 2.75) is 13.3 Å². The molecule has 1 aromatic carbocycles. The molecule has 0 unspecified atom stereocenters. The second-order valence-corrected chi connectivity index (χ2v) is 5.24. The van der Waals surface area contributed by atoms with E-state index in [9.17, 15) is 9.59 Å². The van der Waals surface area contributed by atoms with Crippen molar-refractivity contribution in [1.82, 2.24) is 10.6 Å². The lowest BCUT2D eigenvalue weighted by atomic mass is 9.99. The summed E-state index contributed by atoms with van der Waals surface area (Å²) in [6.07, 6.45) is 0.492. The Hall–Kier alpha value is -1.30. The zero-order valence-electron chi connectivity index (χ0n) is 11.7. The molecule has 1 aliphatic rings. The summed E-state index contributed by atoms with van der Waals surface area (Å²) < 4.78 is 0. The third kappa shape index (κ3) is 4.88. The highest BCUT2D eigenvalue weighted by Crippen LogP contribution is 2.21. The molecular weight excluding hydrogens is 313 g/mol. The number of hydrogen-bond acceptors (Lipinski definition) is 3. The van der Waals surface area contributed by atoms with E-state index in [1.807, 2.05) is 6.92 Å². The van der Waals surface area contributed by atoms with E-state index in [-0.39, 0.29) is 24.2 Å². The molecule has 1 fully saturated rings. The van der Waals surface area contributed by atoms with E-state index in [2.05, 4.69) is 16.0 Å². The number of halogens is 2. The molecule has 0 aromatic heterocycles. The summed E-state index contributed by atoms with van der Waals surface area (Å²) in [7, 11) is 0. The lowest BCUT2D eigenvalue weighted by molar-refractivity contribution is -0.117. The number of benzene rings is 1. The van der Waals surface area contributed by atoms with Crippen molar-refractivity contribution in [2.24, 2.45) is 5.92 Å². The summed E-state index contributed by atoms with van der Waals surface area (Å²) in [4.78, 5) is 23.7. The molecular formula is C14H19Cl2N3O2. The highest BCUT2D eigenvalue weighted by molar-refractivity contribution is 6.34. The van der Waals surface area contributed by atoms with E-state index in [0.29, 0.717) is 35.2 Å². The van der Waals surface area contributed by atoms with Crippen LogP contribution in [0.1, 0.15) is 23.7 Å². The molecule has 1 saturated heterocycles. The third-order valence-electron chi connectivity index (χ3n) is 3.17. The van der Waals surface area contributed by atoms with E-state index < -0.39 is 0 Å². The number of carbonyl (C=O) groups excluding carboxylic acids is 2. The van der Waals surface area contributed by atoms with Crippen molar-refractivity contribution >= 4 is 41.5 Å². The van der Waals surface area contributed by atoms with Gasteiger partial charge in [-0.25, -0.2) is 0 Å². The van der Waals surface area contributed by atoms with Crippen LogP contribution in [0, 0.1) is 5.92 Å². The standard InChI is InChI=1S/C14H18ClN3O2.ClH/c1-2-17-14(20)11-6-10(3-4-12(11)15)18-13(19)5-9-7-16-8-9;/h3-4,6,9,16H,2,5,7-8H2,1H3,(H,17,20)(H,18,19);1H. The van der Waals surface area contributed by atoms with Crippen LogP contribution in [0.25, 0.3) is 0 Å². The summed E-state index contributed by atoms with van der Waals surface area (Å²) >= 11 is 6.00. The van der Waals surface area contributed by atoms with Crippen molar-refractivity contribution in [3.63, 3.8) is 0 Å². The third-order valence-corrected chi connectivity index (χ3v) is 3.50. The maximum atomic E-state index is 11.8. The zero-order chi connectivity index (χ0) is 14.5. The van der Waals surface area contributed by atoms with Crippen molar-refractivity contribution in [3.05, 3.63) is 28.8 Å². The largest absolute Gasteiger partial charge is 0.352 e. The molecule has 1 aromatic rings. The minimum absolute atomic E-state index is 0. The lowest BCUT2D eigenvalue weighted by Crippen LogP contribution is -2.43. The Morgan fingerprint density at radius 1 is 1.38 bits per heavy atom. The Balaban J connectivity index is 0.00000220. The summed E-state index contributed by atoms with van der Waals surface area (Å²) in [5, 5.41) is 8.99. The summed E-state index contributed by atoms with van der Waals surface area (Å²) in [6, 6.07) is 4.92. The van der Waals surface area contributed by atoms with E-state index in [1.54, 1.807) is 18.2 Å². The van der Waals surface area contributed by atoms with Crippen LogP contribution < -0.4 is 16.0 Å². The maximum Gasteiger partial charge on any atom is 0.252 e. The Kier molecular flexibility index (Phi) is 6.95. The predicted octanol–water partition coefficient (Wildman–Crippen LogP) is 2.06. The molecule has 21 heavy (non-hydrogen) atoms. The Morgan fingerprint density at radius 3 is 2.67 bits per heavy atom. The first-order chi connectivity index (χ1) is 9.60. The highest BCUT2D eigenvalue weighted by atomic mass is 35.5. The first kappa shape index (κ1) is 17.8. The number of hydrogen-bond donors (Lipinski definition) is 3. The van der Waals surface area contributed by atoms with Crippen LogP contribution in [0.3, 0.4) is 0 Å². The van der Waals surface area contributed by atoms with Crippen molar-refractivity contribution in [1.29, 1.82) is 0 Å². The van der Waals surface area contributed by atoms with Gasteiger partial charge in [-0.05, 0) is 44.1 Å². The minimum Gasteiger partial charge on any atom is -0.352 e. The van der Waals surface area contributed by atoms with Gasteiger partial charge in [0.25, 0.3) is 5.91 Å². The maximum absolute atomic E-state index is 11.8. The van der Waals surface area contributed by atoms with Gasteiger partial charge in [0.2, 0.25) is 5.91 Å². The van der Waals surface area contributed by atoms with Gasteiger partial charge in [0, 0.05) is 18.7 Å². The van der Waals surface area contributed by atoms with E-state index in [0.717, 1.165) is 13.1 Å². The van der Waals surface area contributed by atoms with Crippen LogP contribution in [-0.2, 0) is 4.79 Å². The number of amides is 2. The SMILES string of the molecule is CCNC(=O)c1cc(NC(=O)CC2CNC2)ccc1Cl.Cl. The smallest absolute Gasteiger partial charge is 0.252 e. The molecule has 0 spiro atoms. The first-order valence-corrected chi connectivity index (χ1v) is 7.06. The Labute approximate surface area is 135 Å². The fourth-order valence-electron chi connectivity index (χ4n) is 2.00. The van der Waals surface area contributed by atoms with E-state index in [4.69, 9.17) is 11.6 Å². The van der Waals surface area contributed by atoms with Gasteiger partial charge in [-0.3, -0.25) is 9.59 Å². The molecule has 0 aliphatic carbocycles. The normalized spacial score (nSPS) is 13.8. The molecule has 1 aliphatic heterocycles. The Morgan fingerprint density at radius 2 is 2.10 bits per heavy atom. The second kappa shape index (κ2) is 8.22. The molecule has 2 amide bonds. The highest BCUT2D eigenvalue weighted by Gasteiger charge is 2.20. The van der Waals surface area contributed by atoms with Gasteiger partial charge in [0.05, 0.1) is 10.6 Å². The topological polar surface area (TPSA) is 70.2 Å². The number of anilines is 1. The molecule has 7 heteroatoms. The Bertz CT molecular complexity index is 519. The van der Waals surface area contributed by atoms with E-state index in [1.165, 1.54) is 0 Å². The van der Waals surface area contributed by atoms with Crippen molar-refractivity contribution < 1.29 is 9.59 Å². The van der Waals surface area contributed by atoms with Gasteiger partial charge in [0.15, 0.2) is 0 Å². The van der Waals surface area contributed by atoms with Crippen LogP contribution in [0.5, 0.6) is 0 Å². The molecule has 0 bridgehead atoms. The van der Waals surface area contributed by atoms with Crippen LogP contribution >= 0.6 is 24.0 Å². The molecule has 116 valence electrons. The summed E-state index contributed by atoms with van der Waals surface area (Å²) in [5.41, 5.74) is 0.963. The van der Waals surface area contributed by atoms with Gasteiger partial charge >= 0.3 is 0 Å². The van der Waals surface area contributed by atoms with Crippen LogP contribution in [-0.4, -0.2) is 31.4 Å². The summed E-state index contributed by atoms with van der Waals surface area (Å²) in [5.74, 6) is 0.127. The van der Waals surface area contributed by atoms with Gasteiger partial charge in [-0.15, -0.1) is 12.4 Å². The predicted molar refractivity (Wildman–Crippen MR) is 86.3 cm³/mol. The molecule has 0 saturated carbocycles. The number of rotatable bonds is 5. The number of carbonyl (C=O) groups is 2. The van der Waals surface area contributed by atoms with E-state index >= 15 is 0 Å². The quantitative estimate of drug-likeness (QED) is 0.773. The zero-order valence-corrected chi connectivity index (χ0v) is 13.3. The molecule has 0 atom stereocenters. The van der Waals surface area contributed by atoms with Gasteiger partial charge < -0.3 is 16.0 Å². The lowest BCUT2D eigenvalue weighted by Gasteiger charge is -2.26. The van der Waals surface area contributed by atoms with Gasteiger partial charge in [0.1, 0.15) is 0 Å².